The SMILES string of the molecule is COC1CCC(NC(=O)c2cc([N+](=O)[O-])ccc2I)C1. The molecule has 2 atom stereocenters. The van der Waals surface area contributed by atoms with Crippen molar-refractivity contribution in [2.75, 3.05) is 7.11 Å². The summed E-state index contributed by atoms with van der Waals surface area (Å²) in [6.45, 7) is 0. The van der Waals surface area contributed by atoms with Gasteiger partial charge in [0.25, 0.3) is 11.6 Å². The molecule has 0 heterocycles. The minimum Gasteiger partial charge on any atom is -0.381 e. The van der Waals surface area contributed by atoms with Crippen LogP contribution in [-0.4, -0.2) is 30.1 Å². The number of nitro benzene ring substituents is 1. The summed E-state index contributed by atoms with van der Waals surface area (Å²) in [6, 6.07) is 4.37. The molecule has 1 aliphatic rings. The second-order valence-electron chi connectivity index (χ2n) is 4.76. The number of carbonyl (C=O) groups excluding carboxylic acids is 1. The van der Waals surface area contributed by atoms with Gasteiger partial charge in [-0.3, -0.25) is 14.9 Å². The Balaban J connectivity index is 2.09. The molecule has 2 unspecified atom stereocenters. The van der Waals surface area contributed by atoms with Gasteiger partial charge in [-0.05, 0) is 47.9 Å². The van der Waals surface area contributed by atoms with Crippen molar-refractivity contribution in [2.24, 2.45) is 0 Å². The number of hydrogen-bond acceptors (Lipinski definition) is 4. The molecule has 0 bridgehead atoms. The summed E-state index contributed by atoms with van der Waals surface area (Å²) in [4.78, 5) is 22.5. The molecule has 0 saturated heterocycles. The lowest BCUT2D eigenvalue weighted by Gasteiger charge is -2.13. The van der Waals surface area contributed by atoms with Gasteiger partial charge in [0.1, 0.15) is 0 Å². The Kier molecular flexibility index (Phi) is 4.92. The number of nitrogens with zero attached hydrogens (tertiary/aromatic N) is 1. The summed E-state index contributed by atoms with van der Waals surface area (Å²) in [5, 5.41) is 13.7. The molecule has 1 saturated carbocycles. The molecule has 1 fully saturated rings. The lowest BCUT2D eigenvalue weighted by molar-refractivity contribution is -0.384. The highest BCUT2D eigenvalue weighted by Crippen LogP contribution is 2.23. The van der Waals surface area contributed by atoms with Crippen molar-refractivity contribution in [1.29, 1.82) is 0 Å². The number of hydrogen-bond donors (Lipinski definition) is 1. The number of rotatable bonds is 4. The Bertz CT molecular complexity index is 535. The van der Waals surface area contributed by atoms with Gasteiger partial charge < -0.3 is 10.1 Å². The van der Waals surface area contributed by atoms with E-state index in [2.05, 4.69) is 5.32 Å². The van der Waals surface area contributed by atoms with Crippen molar-refractivity contribution < 1.29 is 14.5 Å². The topological polar surface area (TPSA) is 81.5 Å². The van der Waals surface area contributed by atoms with Crippen LogP contribution in [0.2, 0.25) is 0 Å². The van der Waals surface area contributed by atoms with Crippen LogP contribution in [0.4, 0.5) is 5.69 Å². The number of halogens is 1. The second-order valence-corrected chi connectivity index (χ2v) is 5.92. The van der Waals surface area contributed by atoms with E-state index in [1.807, 2.05) is 22.6 Å². The van der Waals surface area contributed by atoms with E-state index in [-0.39, 0.29) is 23.7 Å². The van der Waals surface area contributed by atoms with Gasteiger partial charge in [0.15, 0.2) is 0 Å². The van der Waals surface area contributed by atoms with E-state index in [4.69, 9.17) is 4.74 Å². The number of nitro groups is 1. The van der Waals surface area contributed by atoms with Gasteiger partial charge in [-0.25, -0.2) is 0 Å². The van der Waals surface area contributed by atoms with Gasteiger partial charge in [-0.1, -0.05) is 0 Å². The summed E-state index contributed by atoms with van der Waals surface area (Å²) in [6.07, 6.45) is 2.77. The third-order valence-electron chi connectivity index (χ3n) is 3.46. The Morgan fingerprint density at radius 3 is 2.85 bits per heavy atom. The fraction of sp³-hybridized carbons (Fsp3) is 0.462. The zero-order valence-corrected chi connectivity index (χ0v) is 13.1. The number of carbonyl (C=O) groups is 1. The number of non-ortho nitro benzene ring substituents is 1. The van der Waals surface area contributed by atoms with Crippen molar-refractivity contribution in [2.45, 2.75) is 31.4 Å². The smallest absolute Gasteiger partial charge is 0.270 e. The van der Waals surface area contributed by atoms with Crippen molar-refractivity contribution in [3.63, 3.8) is 0 Å². The van der Waals surface area contributed by atoms with Gasteiger partial charge in [0.05, 0.1) is 16.6 Å². The first-order valence-electron chi connectivity index (χ1n) is 6.29. The minimum atomic E-state index is -0.497. The average Bonchev–Trinajstić information content (AvgIpc) is 2.86. The Morgan fingerprint density at radius 2 is 2.25 bits per heavy atom. The molecular weight excluding hydrogens is 375 g/mol. The lowest BCUT2D eigenvalue weighted by atomic mass is 10.1. The highest BCUT2D eigenvalue weighted by molar-refractivity contribution is 14.1. The van der Waals surface area contributed by atoms with Crippen LogP contribution in [0.5, 0.6) is 0 Å². The van der Waals surface area contributed by atoms with E-state index in [1.54, 1.807) is 13.2 Å². The number of methoxy groups -OCH3 is 1. The maximum atomic E-state index is 12.2. The van der Waals surface area contributed by atoms with E-state index >= 15 is 0 Å². The Hall–Kier alpha value is -1.22. The molecule has 1 aliphatic carbocycles. The lowest BCUT2D eigenvalue weighted by Crippen LogP contribution is -2.33. The molecule has 1 amide bonds. The molecule has 1 aromatic carbocycles. The van der Waals surface area contributed by atoms with E-state index in [0.29, 0.717) is 9.13 Å². The number of amides is 1. The largest absolute Gasteiger partial charge is 0.381 e. The molecule has 7 heteroatoms. The standard InChI is InChI=1S/C13H15IN2O4/c1-20-10-4-2-8(6-10)15-13(17)11-7-9(16(18)19)3-5-12(11)14/h3,5,7-8,10H,2,4,6H2,1H3,(H,15,17). The van der Waals surface area contributed by atoms with E-state index in [9.17, 15) is 14.9 Å². The highest BCUT2D eigenvalue weighted by atomic mass is 127. The van der Waals surface area contributed by atoms with Crippen LogP contribution in [-0.2, 0) is 4.74 Å². The molecule has 2 rings (SSSR count). The van der Waals surface area contributed by atoms with Gasteiger partial charge in [-0.2, -0.15) is 0 Å². The molecule has 0 radical (unpaired) electrons. The zero-order chi connectivity index (χ0) is 14.7. The second kappa shape index (κ2) is 6.49. The first kappa shape index (κ1) is 15.2. The monoisotopic (exact) mass is 390 g/mol. The van der Waals surface area contributed by atoms with E-state index < -0.39 is 4.92 Å². The van der Waals surface area contributed by atoms with Crippen LogP contribution >= 0.6 is 22.6 Å². The zero-order valence-electron chi connectivity index (χ0n) is 11.0. The summed E-state index contributed by atoms with van der Waals surface area (Å²) in [5.74, 6) is -0.264. The van der Waals surface area contributed by atoms with Crippen LogP contribution in [0.25, 0.3) is 0 Å². The molecule has 108 valence electrons. The van der Waals surface area contributed by atoms with Gasteiger partial charge >= 0.3 is 0 Å². The maximum absolute atomic E-state index is 12.2. The molecule has 20 heavy (non-hydrogen) atoms. The molecule has 1 N–H and O–H groups in total. The molecule has 1 aromatic rings. The molecule has 6 nitrogen and oxygen atoms in total. The fourth-order valence-electron chi connectivity index (χ4n) is 2.35. The van der Waals surface area contributed by atoms with Crippen molar-refractivity contribution in [1.82, 2.24) is 5.32 Å². The van der Waals surface area contributed by atoms with Crippen LogP contribution < -0.4 is 5.32 Å². The molecular formula is C13H15IN2O4. The highest BCUT2D eigenvalue weighted by Gasteiger charge is 2.26. The maximum Gasteiger partial charge on any atom is 0.270 e. The molecule has 0 aliphatic heterocycles. The number of benzene rings is 1. The van der Waals surface area contributed by atoms with Crippen LogP contribution in [0.3, 0.4) is 0 Å². The third-order valence-corrected chi connectivity index (χ3v) is 4.40. The number of nitrogens with one attached hydrogen (secondary N) is 1. The van der Waals surface area contributed by atoms with Crippen LogP contribution in [0.1, 0.15) is 29.6 Å². The number of ether oxygens (including phenoxy) is 1. The Morgan fingerprint density at radius 1 is 1.50 bits per heavy atom. The molecule has 0 aromatic heterocycles. The predicted octanol–water partition coefficient (Wildman–Crippen LogP) is 2.50. The normalized spacial score (nSPS) is 21.7. The van der Waals surface area contributed by atoms with Crippen molar-refractivity contribution in [3.8, 4) is 0 Å². The van der Waals surface area contributed by atoms with Gasteiger partial charge in [-0.15, -0.1) is 0 Å². The molecule has 0 spiro atoms. The van der Waals surface area contributed by atoms with E-state index in [0.717, 1.165) is 19.3 Å². The summed E-state index contributed by atoms with van der Waals surface area (Å²) in [7, 11) is 1.67. The van der Waals surface area contributed by atoms with E-state index in [1.165, 1.54) is 12.1 Å². The van der Waals surface area contributed by atoms with Crippen LogP contribution in [0.15, 0.2) is 18.2 Å². The first-order valence-corrected chi connectivity index (χ1v) is 7.36. The summed E-state index contributed by atoms with van der Waals surface area (Å²) in [5.41, 5.74) is 0.275. The predicted molar refractivity (Wildman–Crippen MR) is 81.7 cm³/mol. The average molecular weight is 390 g/mol. The van der Waals surface area contributed by atoms with Crippen molar-refractivity contribution in [3.05, 3.63) is 37.4 Å². The summed E-state index contributed by atoms with van der Waals surface area (Å²) < 4.78 is 5.96. The quantitative estimate of drug-likeness (QED) is 0.487. The third kappa shape index (κ3) is 3.45. The van der Waals surface area contributed by atoms with Gasteiger partial charge in [0, 0.05) is 28.9 Å². The van der Waals surface area contributed by atoms with Crippen molar-refractivity contribution >= 4 is 34.2 Å². The minimum absolute atomic E-state index is 0.0718. The van der Waals surface area contributed by atoms with Crippen LogP contribution in [0, 0.1) is 13.7 Å². The first-order chi connectivity index (χ1) is 9.51. The Labute approximate surface area is 130 Å². The van der Waals surface area contributed by atoms with Gasteiger partial charge in [0.2, 0.25) is 0 Å². The summed E-state index contributed by atoms with van der Waals surface area (Å²) >= 11 is 2.01. The fourth-order valence-corrected chi connectivity index (χ4v) is 2.93.